The molecule has 2 rings (SSSR count). The molecule has 16 heavy (non-hydrogen) atoms. The Hall–Kier alpha value is -1.74. The van der Waals surface area contributed by atoms with Crippen LogP contribution >= 0.6 is 0 Å². The van der Waals surface area contributed by atoms with E-state index in [0.717, 1.165) is 0 Å². The molecular formula is C13H13NO2. The van der Waals surface area contributed by atoms with Crippen LogP contribution in [0.3, 0.4) is 0 Å². The molecular weight excluding hydrogens is 202 g/mol. The zero-order valence-corrected chi connectivity index (χ0v) is 9.33. The minimum atomic E-state index is -0.0412. The van der Waals surface area contributed by atoms with Crippen molar-refractivity contribution in [2.75, 3.05) is 13.6 Å². The number of ketones is 2. The highest BCUT2D eigenvalue weighted by molar-refractivity contribution is 6.26. The summed E-state index contributed by atoms with van der Waals surface area (Å²) in [6.07, 6.45) is 0. The Bertz CT molecular complexity index is 500. The van der Waals surface area contributed by atoms with Crippen LogP contribution < -0.4 is 5.32 Å². The molecule has 82 valence electrons. The lowest BCUT2D eigenvalue weighted by atomic mass is 9.85. The number of fused-ring (bicyclic) bond motifs is 1. The van der Waals surface area contributed by atoms with Crippen LogP contribution in [0.2, 0.25) is 0 Å². The number of hydrogen-bond acceptors (Lipinski definition) is 3. The number of rotatable bonds is 2. The highest BCUT2D eigenvalue weighted by atomic mass is 16.1. The summed E-state index contributed by atoms with van der Waals surface area (Å²) in [4.78, 5) is 24.1. The van der Waals surface area contributed by atoms with Crippen LogP contribution in [0, 0.1) is 0 Å². The third-order valence-electron chi connectivity index (χ3n) is 2.84. The van der Waals surface area contributed by atoms with Crippen molar-refractivity contribution in [3.8, 4) is 0 Å². The van der Waals surface area contributed by atoms with E-state index in [9.17, 15) is 9.59 Å². The van der Waals surface area contributed by atoms with Gasteiger partial charge in [-0.25, -0.2) is 0 Å². The van der Waals surface area contributed by atoms with E-state index < -0.39 is 0 Å². The van der Waals surface area contributed by atoms with Gasteiger partial charge in [-0.05, 0) is 14.0 Å². The second-order valence-corrected chi connectivity index (χ2v) is 3.84. The van der Waals surface area contributed by atoms with Gasteiger partial charge in [0, 0.05) is 28.8 Å². The average Bonchev–Trinajstić information content (AvgIpc) is 2.32. The summed E-state index contributed by atoms with van der Waals surface area (Å²) in [5.74, 6) is -0.0810. The third kappa shape index (κ3) is 1.49. The Morgan fingerprint density at radius 1 is 1.06 bits per heavy atom. The molecule has 0 unspecified atom stereocenters. The largest absolute Gasteiger partial charge is 0.316 e. The van der Waals surface area contributed by atoms with E-state index in [1.54, 1.807) is 38.2 Å². The first-order valence-corrected chi connectivity index (χ1v) is 5.19. The molecule has 0 amide bonds. The lowest BCUT2D eigenvalue weighted by Crippen LogP contribution is -2.26. The van der Waals surface area contributed by atoms with Crippen molar-refractivity contribution in [3.05, 3.63) is 46.5 Å². The van der Waals surface area contributed by atoms with E-state index in [1.807, 2.05) is 0 Å². The number of allylic oxidation sites excluding steroid dienone is 1. The smallest absolute Gasteiger partial charge is 0.191 e. The van der Waals surface area contributed by atoms with E-state index in [4.69, 9.17) is 0 Å². The maximum atomic E-state index is 12.1. The second-order valence-electron chi connectivity index (χ2n) is 3.84. The first kappa shape index (κ1) is 10.8. The summed E-state index contributed by atoms with van der Waals surface area (Å²) in [5, 5.41) is 2.92. The van der Waals surface area contributed by atoms with Crippen LogP contribution in [-0.4, -0.2) is 25.2 Å². The molecule has 3 heteroatoms. The lowest BCUT2D eigenvalue weighted by Gasteiger charge is -2.18. The van der Waals surface area contributed by atoms with Crippen molar-refractivity contribution in [1.82, 2.24) is 5.32 Å². The highest BCUT2D eigenvalue weighted by Gasteiger charge is 2.28. The zero-order valence-electron chi connectivity index (χ0n) is 9.33. The Morgan fingerprint density at radius 2 is 1.62 bits per heavy atom. The maximum absolute atomic E-state index is 12.1. The zero-order chi connectivity index (χ0) is 11.7. The van der Waals surface area contributed by atoms with Gasteiger partial charge in [0.2, 0.25) is 0 Å². The topological polar surface area (TPSA) is 46.2 Å². The molecule has 3 nitrogen and oxygen atoms in total. The first-order chi connectivity index (χ1) is 7.66. The van der Waals surface area contributed by atoms with Crippen LogP contribution in [0.1, 0.15) is 27.6 Å². The second kappa shape index (κ2) is 4.02. The van der Waals surface area contributed by atoms with Gasteiger partial charge in [-0.1, -0.05) is 24.3 Å². The summed E-state index contributed by atoms with van der Waals surface area (Å²) in [6.45, 7) is 2.15. The van der Waals surface area contributed by atoms with Gasteiger partial charge in [0.15, 0.2) is 11.6 Å². The molecule has 1 N–H and O–H groups in total. The summed E-state index contributed by atoms with van der Waals surface area (Å²) in [5.41, 5.74) is 2.16. The molecule has 0 aliphatic heterocycles. The molecule has 1 aromatic rings. The predicted molar refractivity (Wildman–Crippen MR) is 61.7 cm³/mol. The van der Waals surface area contributed by atoms with E-state index in [-0.39, 0.29) is 11.6 Å². The molecule has 0 saturated heterocycles. The van der Waals surface area contributed by atoms with Crippen molar-refractivity contribution < 1.29 is 9.59 Å². The van der Waals surface area contributed by atoms with E-state index in [1.165, 1.54) is 0 Å². The number of hydrogen-bond donors (Lipinski definition) is 1. The van der Waals surface area contributed by atoms with Crippen LogP contribution in [0.25, 0.3) is 0 Å². The molecule has 1 aliphatic rings. The van der Waals surface area contributed by atoms with Crippen LogP contribution in [-0.2, 0) is 0 Å². The first-order valence-electron chi connectivity index (χ1n) is 5.19. The van der Waals surface area contributed by atoms with E-state index in [0.29, 0.717) is 28.8 Å². The number of carbonyl (C=O) groups excluding carboxylic acids is 2. The minimum absolute atomic E-state index is 0.0398. The van der Waals surface area contributed by atoms with Gasteiger partial charge in [-0.3, -0.25) is 9.59 Å². The van der Waals surface area contributed by atoms with Gasteiger partial charge in [-0.15, -0.1) is 0 Å². The Kier molecular flexibility index (Phi) is 2.71. The quantitative estimate of drug-likeness (QED) is 0.815. The van der Waals surface area contributed by atoms with Gasteiger partial charge in [0.05, 0.1) is 0 Å². The van der Waals surface area contributed by atoms with Gasteiger partial charge < -0.3 is 5.32 Å². The number of likely N-dealkylation sites (N-methyl/N-ethyl adjacent to an activating group) is 1. The Balaban J connectivity index is 2.58. The molecule has 0 spiro atoms. The van der Waals surface area contributed by atoms with Gasteiger partial charge in [0.1, 0.15) is 0 Å². The third-order valence-corrected chi connectivity index (χ3v) is 2.84. The monoisotopic (exact) mass is 215 g/mol. The highest BCUT2D eigenvalue weighted by Crippen LogP contribution is 2.25. The maximum Gasteiger partial charge on any atom is 0.191 e. The van der Waals surface area contributed by atoms with Crippen LogP contribution in [0.15, 0.2) is 35.4 Å². The Labute approximate surface area is 94.2 Å². The predicted octanol–water partition coefficient (Wildman–Crippen LogP) is 1.60. The molecule has 0 saturated carbocycles. The number of benzene rings is 1. The van der Waals surface area contributed by atoms with E-state index >= 15 is 0 Å². The summed E-state index contributed by atoms with van der Waals surface area (Å²) in [7, 11) is 1.76. The Morgan fingerprint density at radius 3 is 2.19 bits per heavy atom. The van der Waals surface area contributed by atoms with Crippen molar-refractivity contribution >= 4 is 11.6 Å². The van der Waals surface area contributed by atoms with E-state index in [2.05, 4.69) is 5.32 Å². The molecule has 0 heterocycles. The van der Waals surface area contributed by atoms with Gasteiger partial charge >= 0.3 is 0 Å². The molecule has 0 fully saturated rings. The standard InChI is InChI=1S/C13H13NO2/c1-8-11(7-14-2)13(16)10-6-4-3-5-9(10)12(8)15/h3-6,14H,7H2,1-2H3. The van der Waals surface area contributed by atoms with Gasteiger partial charge in [-0.2, -0.15) is 0 Å². The summed E-state index contributed by atoms with van der Waals surface area (Å²) < 4.78 is 0. The van der Waals surface area contributed by atoms with Crippen LogP contribution in [0.5, 0.6) is 0 Å². The summed E-state index contributed by atoms with van der Waals surface area (Å²) in [6, 6.07) is 6.97. The lowest BCUT2D eigenvalue weighted by molar-refractivity contribution is 0.0973. The van der Waals surface area contributed by atoms with Crippen molar-refractivity contribution in [3.63, 3.8) is 0 Å². The molecule has 0 atom stereocenters. The molecule has 0 bridgehead atoms. The molecule has 1 aromatic carbocycles. The molecule has 0 radical (unpaired) electrons. The fourth-order valence-corrected chi connectivity index (χ4v) is 1.94. The van der Waals surface area contributed by atoms with Crippen molar-refractivity contribution in [1.29, 1.82) is 0 Å². The average molecular weight is 215 g/mol. The van der Waals surface area contributed by atoms with Crippen molar-refractivity contribution in [2.45, 2.75) is 6.92 Å². The number of Topliss-reactive ketones (excluding diaryl/α,β-unsaturated/α-hetero) is 2. The van der Waals surface area contributed by atoms with Crippen molar-refractivity contribution in [2.24, 2.45) is 0 Å². The fraction of sp³-hybridized carbons (Fsp3) is 0.231. The minimum Gasteiger partial charge on any atom is -0.316 e. The SMILES string of the molecule is CNCC1=C(C)C(=O)c2ccccc2C1=O. The fourth-order valence-electron chi connectivity index (χ4n) is 1.94. The molecule has 0 aromatic heterocycles. The normalized spacial score (nSPS) is 15.4. The van der Waals surface area contributed by atoms with Gasteiger partial charge in [0.25, 0.3) is 0 Å². The summed E-state index contributed by atoms with van der Waals surface area (Å²) >= 11 is 0. The molecule has 1 aliphatic carbocycles. The number of nitrogens with one attached hydrogen (secondary N) is 1. The number of carbonyl (C=O) groups is 2. The van der Waals surface area contributed by atoms with Crippen LogP contribution in [0.4, 0.5) is 0 Å².